The standard InChI is InChI=1S/C17H25NO/c1-4-14-5-7-16(8-6-14)18-17(19)15-10-12(2)9-13(3)11-15/h9-11,14,16H,4-8H2,1-3H3,(H,18,19). The van der Waals surface area contributed by atoms with E-state index < -0.39 is 0 Å². The van der Waals surface area contributed by atoms with Crippen molar-refractivity contribution < 1.29 is 4.79 Å². The maximum absolute atomic E-state index is 12.3. The maximum Gasteiger partial charge on any atom is 0.251 e. The van der Waals surface area contributed by atoms with Gasteiger partial charge in [-0.15, -0.1) is 0 Å². The van der Waals surface area contributed by atoms with E-state index in [0.29, 0.717) is 6.04 Å². The molecule has 0 heterocycles. The van der Waals surface area contributed by atoms with Gasteiger partial charge in [-0.05, 0) is 57.6 Å². The lowest BCUT2D eigenvalue weighted by Gasteiger charge is -2.28. The second kappa shape index (κ2) is 6.23. The fourth-order valence-electron chi connectivity index (χ4n) is 3.09. The van der Waals surface area contributed by atoms with Crippen molar-refractivity contribution in [1.82, 2.24) is 5.32 Å². The SMILES string of the molecule is CCC1CCC(NC(=O)c2cc(C)cc(C)c2)CC1. The normalized spacial score (nSPS) is 23.1. The van der Waals surface area contributed by atoms with Crippen LogP contribution in [0.2, 0.25) is 0 Å². The van der Waals surface area contributed by atoms with E-state index in [1.165, 1.54) is 19.3 Å². The summed E-state index contributed by atoms with van der Waals surface area (Å²) in [6.45, 7) is 6.34. The molecule has 1 aromatic carbocycles. The first kappa shape index (κ1) is 14.1. The van der Waals surface area contributed by atoms with Crippen molar-refractivity contribution in [1.29, 1.82) is 0 Å². The van der Waals surface area contributed by atoms with Crippen molar-refractivity contribution in [2.24, 2.45) is 5.92 Å². The zero-order valence-electron chi connectivity index (χ0n) is 12.3. The van der Waals surface area contributed by atoms with E-state index in [1.807, 2.05) is 26.0 Å². The zero-order chi connectivity index (χ0) is 13.8. The molecule has 0 bridgehead atoms. The Bertz CT molecular complexity index is 424. The molecule has 2 rings (SSSR count). The summed E-state index contributed by atoms with van der Waals surface area (Å²) in [4.78, 5) is 12.3. The summed E-state index contributed by atoms with van der Waals surface area (Å²) in [5.74, 6) is 0.959. The van der Waals surface area contributed by atoms with Crippen LogP contribution in [0.15, 0.2) is 18.2 Å². The Balaban J connectivity index is 1.94. The molecule has 1 aliphatic rings. The monoisotopic (exact) mass is 259 g/mol. The van der Waals surface area contributed by atoms with Gasteiger partial charge in [0.1, 0.15) is 0 Å². The molecule has 0 aromatic heterocycles. The second-order valence-electron chi connectivity index (χ2n) is 5.98. The first-order chi connectivity index (χ1) is 9.08. The van der Waals surface area contributed by atoms with Gasteiger partial charge in [0, 0.05) is 11.6 Å². The largest absolute Gasteiger partial charge is 0.349 e. The molecule has 1 N–H and O–H groups in total. The Morgan fingerprint density at radius 3 is 2.21 bits per heavy atom. The fourth-order valence-corrected chi connectivity index (χ4v) is 3.09. The number of hydrogen-bond donors (Lipinski definition) is 1. The van der Waals surface area contributed by atoms with Gasteiger partial charge in [-0.25, -0.2) is 0 Å². The van der Waals surface area contributed by atoms with Crippen molar-refractivity contribution in [2.75, 3.05) is 0 Å². The van der Waals surface area contributed by atoms with Crippen LogP contribution in [0, 0.1) is 19.8 Å². The lowest BCUT2D eigenvalue weighted by atomic mass is 9.84. The van der Waals surface area contributed by atoms with Crippen molar-refractivity contribution in [3.8, 4) is 0 Å². The Kier molecular flexibility index (Phi) is 4.62. The minimum absolute atomic E-state index is 0.0896. The summed E-state index contributed by atoms with van der Waals surface area (Å²) in [5.41, 5.74) is 3.11. The molecule has 104 valence electrons. The average Bonchev–Trinajstić information content (AvgIpc) is 2.38. The highest BCUT2D eigenvalue weighted by molar-refractivity contribution is 5.94. The van der Waals surface area contributed by atoms with E-state index >= 15 is 0 Å². The van der Waals surface area contributed by atoms with E-state index in [1.54, 1.807) is 0 Å². The molecule has 1 saturated carbocycles. The lowest BCUT2D eigenvalue weighted by molar-refractivity contribution is 0.0921. The fraction of sp³-hybridized carbons (Fsp3) is 0.588. The second-order valence-corrected chi connectivity index (χ2v) is 5.98. The molecule has 0 saturated heterocycles. The minimum Gasteiger partial charge on any atom is -0.349 e. The first-order valence-electron chi connectivity index (χ1n) is 7.47. The van der Waals surface area contributed by atoms with Gasteiger partial charge >= 0.3 is 0 Å². The molecule has 0 aliphatic heterocycles. The summed E-state index contributed by atoms with van der Waals surface area (Å²) < 4.78 is 0. The van der Waals surface area contributed by atoms with Gasteiger partial charge in [-0.3, -0.25) is 4.79 Å². The summed E-state index contributed by atoms with van der Waals surface area (Å²) >= 11 is 0. The van der Waals surface area contributed by atoms with Crippen LogP contribution in [-0.4, -0.2) is 11.9 Å². The number of nitrogens with one attached hydrogen (secondary N) is 1. The predicted molar refractivity (Wildman–Crippen MR) is 79.4 cm³/mol. The van der Waals surface area contributed by atoms with Gasteiger partial charge in [0.2, 0.25) is 0 Å². The van der Waals surface area contributed by atoms with E-state index in [9.17, 15) is 4.79 Å². The van der Waals surface area contributed by atoms with Crippen molar-refractivity contribution in [3.63, 3.8) is 0 Å². The molecule has 1 amide bonds. The molecule has 1 aromatic rings. The van der Waals surface area contributed by atoms with E-state index in [2.05, 4.69) is 18.3 Å². The van der Waals surface area contributed by atoms with Gasteiger partial charge < -0.3 is 5.32 Å². The third-order valence-corrected chi connectivity index (χ3v) is 4.24. The van der Waals surface area contributed by atoms with Gasteiger partial charge in [0.25, 0.3) is 5.91 Å². The molecular weight excluding hydrogens is 234 g/mol. The van der Waals surface area contributed by atoms with E-state index in [-0.39, 0.29) is 5.91 Å². The summed E-state index contributed by atoms with van der Waals surface area (Å²) in [7, 11) is 0. The number of amides is 1. The van der Waals surface area contributed by atoms with E-state index in [4.69, 9.17) is 0 Å². The van der Waals surface area contributed by atoms with Crippen LogP contribution in [0.25, 0.3) is 0 Å². The molecule has 19 heavy (non-hydrogen) atoms. The molecule has 1 fully saturated rings. The topological polar surface area (TPSA) is 29.1 Å². The third kappa shape index (κ3) is 3.82. The molecule has 0 radical (unpaired) electrons. The third-order valence-electron chi connectivity index (χ3n) is 4.24. The van der Waals surface area contributed by atoms with Crippen LogP contribution in [0.5, 0.6) is 0 Å². The molecule has 1 aliphatic carbocycles. The molecule has 2 heteroatoms. The number of carbonyl (C=O) groups excluding carboxylic acids is 1. The van der Waals surface area contributed by atoms with Crippen molar-refractivity contribution >= 4 is 5.91 Å². The molecule has 2 nitrogen and oxygen atoms in total. The quantitative estimate of drug-likeness (QED) is 0.873. The summed E-state index contributed by atoms with van der Waals surface area (Å²) in [5, 5.41) is 3.20. The Hall–Kier alpha value is -1.31. The Labute approximate surface area is 116 Å². The minimum atomic E-state index is 0.0896. The number of carbonyl (C=O) groups is 1. The van der Waals surface area contributed by atoms with Crippen LogP contribution < -0.4 is 5.32 Å². The highest BCUT2D eigenvalue weighted by Crippen LogP contribution is 2.26. The molecular formula is C17H25NO. The van der Waals surface area contributed by atoms with Crippen molar-refractivity contribution in [3.05, 3.63) is 34.9 Å². The number of aryl methyl sites for hydroxylation is 2. The van der Waals surface area contributed by atoms with Crippen LogP contribution in [0.3, 0.4) is 0 Å². The maximum atomic E-state index is 12.3. The highest BCUT2D eigenvalue weighted by atomic mass is 16.1. The van der Waals surface area contributed by atoms with Crippen LogP contribution >= 0.6 is 0 Å². The molecule has 0 unspecified atom stereocenters. The first-order valence-corrected chi connectivity index (χ1v) is 7.47. The van der Waals surface area contributed by atoms with Crippen LogP contribution in [0.4, 0.5) is 0 Å². The number of hydrogen-bond acceptors (Lipinski definition) is 1. The zero-order valence-corrected chi connectivity index (χ0v) is 12.3. The van der Waals surface area contributed by atoms with Gasteiger partial charge in [-0.2, -0.15) is 0 Å². The average molecular weight is 259 g/mol. The van der Waals surface area contributed by atoms with Crippen LogP contribution in [-0.2, 0) is 0 Å². The van der Waals surface area contributed by atoms with Gasteiger partial charge in [-0.1, -0.05) is 30.5 Å². The van der Waals surface area contributed by atoms with Crippen LogP contribution in [0.1, 0.15) is 60.5 Å². The van der Waals surface area contributed by atoms with Gasteiger partial charge in [0.15, 0.2) is 0 Å². The van der Waals surface area contributed by atoms with Gasteiger partial charge in [0.05, 0.1) is 0 Å². The highest BCUT2D eigenvalue weighted by Gasteiger charge is 2.21. The lowest BCUT2D eigenvalue weighted by Crippen LogP contribution is -2.37. The molecule has 0 atom stereocenters. The molecule has 0 spiro atoms. The Morgan fingerprint density at radius 2 is 1.68 bits per heavy atom. The summed E-state index contributed by atoms with van der Waals surface area (Å²) in [6.07, 6.45) is 6.06. The van der Waals surface area contributed by atoms with Crippen molar-refractivity contribution in [2.45, 2.75) is 58.9 Å². The number of rotatable bonds is 3. The Morgan fingerprint density at radius 1 is 1.11 bits per heavy atom. The van der Waals surface area contributed by atoms with E-state index in [0.717, 1.165) is 35.4 Å². The summed E-state index contributed by atoms with van der Waals surface area (Å²) in [6, 6.07) is 6.42. The number of benzene rings is 1. The predicted octanol–water partition coefficient (Wildman–Crippen LogP) is 4.00. The smallest absolute Gasteiger partial charge is 0.251 e.